The maximum absolute atomic E-state index is 12.6. The Bertz CT molecular complexity index is 853. The minimum atomic E-state index is -0.388. The molecule has 2 amide bonds. The van der Waals surface area contributed by atoms with Crippen LogP contribution in [-0.4, -0.2) is 27.7 Å². The van der Waals surface area contributed by atoms with Gasteiger partial charge in [0.15, 0.2) is 5.65 Å². The van der Waals surface area contributed by atoms with Crippen LogP contribution in [0.2, 0.25) is 0 Å². The van der Waals surface area contributed by atoms with E-state index in [9.17, 15) is 14.4 Å². The van der Waals surface area contributed by atoms with Crippen LogP contribution in [0.1, 0.15) is 49.4 Å². The van der Waals surface area contributed by atoms with Crippen LogP contribution < -0.4 is 16.2 Å². The van der Waals surface area contributed by atoms with Gasteiger partial charge in [-0.1, -0.05) is 19.8 Å². The molecule has 0 aliphatic heterocycles. The number of fused-ring (bicyclic) bond motifs is 1. The first-order valence-electron chi connectivity index (χ1n) is 8.71. The summed E-state index contributed by atoms with van der Waals surface area (Å²) in [5, 5.41) is 5.47. The van der Waals surface area contributed by atoms with Crippen LogP contribution in [0.3, 0.4) is 0 Å². The SMILES string of the molecule is CCCNC(=O)c1cccn2c(=O)c(NC(=O)C3CCCC3)cnc12. The van der Waals surface area contributed by atoms with Crippen LogP contribution >= 0.6 is 0 Å². The van der Waals surface area contributed by atoms with Gasteiger partial charge < -0.3 is 10.6 Å². The molecule has 0 spiro atoms. The molecular weight excluding hydrogens is 320 g/mol. The Labute approximate surface area is 145 Å². The van der Waals surface area contributed by atoms with Crippen LogP contribution in [0.5, 0.6) is 0 Å². The number of carbonyl (C=O) groups is 2. The predicted octanol–water partition coefficient (Wildman–Crippen LogP) is 1.96. The maximum Gasteiger partial charge on any atom is 0.281 e. The fourth-order valence-electron chi connectivity index (χ4n) is 3.13. The Morgan fingerprint density at radius 2 is 2.08 bits per heavy atom. The van der Waals surface area contributed by atoms with Crippen molar-refractivity contribution in [3.63, 3.8) is 0 Å². The average Bonchev–Trinajstić information content (AvgIpc) is 3.16. The lowest BCUT2D eigenvalue weighted by Crippen LogP contribution is -2.29. The molecule has 0 aromatic carbocycles. The summed E-state index contributed by atoms with van der Waals surface area (Å²) in [6.45, 7) is 2.52. The van der Waals surface area contributed by atoms with Crippen LogP contribution in [0.15, 0.2) is 29.3 Å². The molecule has 0 saturated heterocycles. The highest BCUT2D eigenvalue weighted by atomic mass is 16.2. The highest BCUT2D eigenvalue weighted by Gasteiger charge is 2.23. The number of carbonyl (C=O) groups excluding carboxylic acids is 2. The minimum absolute atomic E-state index is 0.0359. The van der Waals surface area contributed by atoms with Crippen LogP contribution in [-0.2, 0) is 4.79 Å². The topological polar surface area (TPSA) is 92.6 Å². The number of hydrogen-bond acceptors (Lipinski definition) is 4. The maximum atomic E-state index is 12.6. The minimum Gasteiger partial charge on any atom is -0.352 e. The second-order valence-corrected chi connectivity index (χ2v) is 6.32. The summed E-state index contributed by atoms with van der Waals surface area (Å²) in [5.74, 6) is -0.436. The zero-order valence-electron chi connectivity index (χ0n) is 14.2. The number of anilines is 1. The van der Waals surface area contributed by atoms with E-state index in [2.05, 4.69) is 15.6 Å². The standard InChI is InChI=1S/C18H22N4O3/c1-2-9-19-17(24)13-8-5-10-22-15(13)20-11-14(18(22)25)21-16(23)12-6-3-4-7-12/h5,8,10-12H,2-4,6-7,9H2,1H3,(H,19,24)(H,21,23). The van der Waals surface area contributed by atoms with E-state index in [1.165, 1.54) is 10.6 Å². The molecular formula is C18H22N4O3. The van der Waals surface area contributed by atoms with E-state index < -0.39 is 0 Å². The molecule has 2 aromatic rings. The van der Waals surface area contributed by atoms with Gasteiger partial charge in [0, 0.05) is 18.7 Å². The van der Waals surface area contributed by atoms with E-state index in [0.717, 1.165) is 32.1 Å². The number of nitrogens with zero attached hydrogens (tertiary/aromatic N) is 2. The Hall–Kier alpha value is -2.70. The van der Waals surface area contributed by atoms with Crippen LogP contribution in [0.4, 0.5) is 5.69 Å². The molecule has 132 valence electrons. The molecule has 2 N–H and O–H groups in total. The van der Waals surface area contributed by atoms with Gasteiger partial charge >= 0.3 is 0 Å². The quantitative estimate of drug-likeness (QED) is 0.869. The van der Waals surface area contributed by atoms with Crippen molar-refractivity contribution in [2.45, 2.75) is 39.0 Å². The molecule has 0 atom stereocenters. The lowest BCUT2D eigenvalue weighted by atomic mass is 10.1. The van der Waals surface area contributed by atoms with Gasteiger partial charge in [-0.2, -0.15) is 0 Å². The van der Waals surface area contributed by atoms with Crippen LogP contribution in [0.25, 0.3) is 5.65 Å². The van der Waals surface area contributed by atoms with Gasteiger partial charge in [-0.05, 0) is 31.4 Å². The van der Waals surface area contributed by atoms with Crippen LogP contribution in [0, 0.1) is 5.92 Å². The zero-order chi connectivity index (χ0) is 17.8. The number of nitrogens with one attached hydrogen (secondary N) is 2. The molecule has 1 aliphatic carbocycles. The highest BCUT2D eigenvalue weighted by Crippen LogP contribution is 2.25. The van der Waals surface area contributed by atoms with Crippen molar-refractivity contribution in [2.24, 2.45) is 5.92 Å². The summed E-state index contributed by atoms with van der Waals surface area (Å²) >= 11 is 0. The van der Waals surface area contributed by atoms with E-state index in [0.29, 0.717) is 12.1 Å². The summed E-state index contributed by atoms with van der Waals surface area (Å²) < 4.78 is 1.30. The third-order valence-corrected chi connectivity index (χ3v) is 4.50. The van der Waals surface area contributed by atoms with Crippen molar-refractivity contribution >= 4 is 23.1 Å². The Kier molecular flexibility index (Phi) is 5.11. The first kappa shape index (κ1) is 17.1. The highest BCUT2D eigenvalue weighted by molar-refractivity contribution is 6.00. The van der Waals surface area contributed by atoms with Gasteiger partial charge in [-0.25, -0.2) is 4.98 Å². The molecule has 0 radical (unpaired) electrons. The van der Waals surface area contributed by atoms with Gasteiger partial charge in [0.2, 0.25) is 5.91 Å². The second kappa shape index (κ2) is 7.46. The number of amides is 2. The second-order valence-electron chi connectivity index (χ2n) is 6.32. The van der Waals surface area contributed by atoms with Crippen molar-refractivity contribution in [1.82, 2.24) is 14.7 Å². The van der Waals surface area contributed by atoms with Gasteiger partial charge in [-0.3, -0.25) is 18.8 Å². The Morgan fingerprint density at radius 1 is 1.32 bits per heavy atom. The largest absolute Gasteiger partial charge is 0.352 e. The molecule has 7 heteroatoms. The van der Waals surface area contributed by atoms with E-state index in [1.807, 2.05) is 6.92 Å². The van der Waals surface area contributed by atoms with E-state index in [1.54, 1.807) is 18.3 Å². The first-order chi connectivity index (χ1) is 12.1. The van der Waals surface area contributed by atoms with Crippen molar-refractivity contribution in [1.29, 1.82) is 0 Å². The fourth-order valence-corrected chi connectivity index (χ4v) is 3.13. The van der Waals surface area contributed by atoms with Gasteiger partial charge in [-0.15, -0.1) is 0 Å². The molecule has 2 aromatic heterocycles. The summed E-state index contributed by atoms with van der Waals surface area (Å²) in [6, 6.07) is 3.25. The van der Waals surface area contributed by atoms with Crippen molar-refractivity contribution in [3.05, 3.63) is 40.4 Å². The number of rotatable bonds is 5. The normalized spacial score (nSPS) is 14.6. The summed E-state index contributed by atoms with van der Waals surface area (Å²) in [7, 11) is 0. The monoisotopic (exact) mass is 342 g/mol. The molecule has 2 heterocycles. The summed E-state index contributed by atoms with van der Waals surface area (Å²) in [5.41, 5.74) is 0.365. The Morgan fingerprint density at radius 3 is 2.80 bits per heavy atom. The molecule has 1 fully saturated rings. The average molecular weight is 342 g/mol. The number of hydrogen-bond donors (Lipinski definition) is 2. The molecule has 25 heavy (non-hydrogen) atoms. The molecule has 7 nitrogen and oxygen atoms in total. The van der Waals surface area contributed by atoms with Crippen molar-refractivity contribution in [3.8, 4) is 0 Å². The lowest BCUT2D eigenvalue weighted by Gasteiger charge is -2.11. The molecule has 1 saturated carbocycles. The fraction of sp³-hybridized carbons (Fsp3) is 0.444. The van der Waals surface area contributed by atoms with E-state index >= 15 is 0 Å². The molecule has 1 aliphatic rings. The van der Waals surface area contributed by atoms with Gasteiger partial charge in [0.25, 0.3) is 11.5 Å². The third kappa shape index (κ3) is 3.55. The zero-order valence-corrected chi connectivity index (χ0v) is 14.2. The number of aromatic nitrogens is 2. The predicted molar refractivity (Wildman–Crippen MR) is 94.7 cm³/mol. The van der Waals surface area contributed by atoms with E-state index in [-0.39, 0.29) is 34.6 Å². The molecule has 0 bridgehead atoms. The van der Waals surface area contributed by atoms with Gasteiger partial charge in [0.05, 0.1) is 11.8 Å². The van der Waals surface area contributed by atoms with Crippen molar-refractivity contribution < 1.29 is 9.59 Å². The smallest absolute Gasteiger partial charge is 0.281 e. The van der Waals surface area contributed by atoms with Crippen molar-refractivity contribution in [2.75, 3.05) is 11.9 Å². The molecule has 0 unspecified atom stereocenters. The summed E-state index contributed by atoms with van der Waals surface area (Å²) in [6.07, 6.45) is 7.51. The lowest BCUT2D eigenvalue weighted by molar-refractivity contribution is -0.119. The summed E-state index contributed by atoms with van der Waals surface area (Å²) in [4.78, 5) is 41.4. The third-order valence-electron chi connectivity index (χ3n) is 4.50. The van der Waals surface area contributed by atoms with E-state index in [4.69, 9.17) is 0 Å². The Balaban J connectivity index is 1.91. The number of pyridine rings is 1. The molecule has 3 rings (SSSR count). The van der Waals surface area contributed by atoms with Gasteiger partial charge in [0.1, 0.15) is 5.69 Å². The first-order valence-corrected chi connectivity index (χ1v) is 8.71.